The van der Waals surface area contributed by atoms with Gasteiger partial charge in [0.25, 0.3) is 11.8 Å². The summed E-state index contributed by atoms with van der Waals surface area (Å²) in [7, 11) is 0. The first-order chi connectivity index (χ1) is 13.3. The first-order valence-electron chi connectivity index (χ1n) is 8.47. The molecule has 7 nitrogen and oxygen atoms in total. The molecule has 1 atom stereocenters. The Balaban J connectivity index is 1.65. The lowest BCUT2D eigenvalue weighted by Gasteiger charge is -2.21. The van der Waals surface area contributed by atoms with Crippen molar-refractivity contribution in [2.75, 3.05) is 18.1 Å². The van der Waals surface area contributed by atoms with Gasteiger partial charge in [0.2, 0.25) is 5.54 Å². The van der Waals surface area contributed by atoms with E-state index in [-0.39, 0.29) is 19.0 Å². The van der Waals surface area contributed by atoms with Crippen LogP contribution in [-0.4, -0.2) is 31.0 Å². The monoisotopic (exact) mass is 403 g/mol. The number of carbonyl (C=O) groups is 3. The van der Waals surface area contributed by atoms with E-state index in [1.165, 1.54) is 35.2 Å². The molecule has 4 rings (SSSR count). The highest BCUT2D eigenvalue weighted by molar-refractivity contribution is 6.32. The van der Waals surface area contributed by atoms with Crippen molar-refractivity contribution < 1.29 is 23.5 Å². The SMILES string of the molecule is Cc1cc(Cl)cc2c1N(CCOc1ccc(F)cc1)C(=O)C21NC(=O)NC1=O. The fraction of sp³-hybridized carbons (Fsp3) is 0.211. The summed E-state index contributed by atoms with van der Waals surface area (Å²) in [4.78, 5) is 38.9. The molecule has 0 saturated carbocycles. The number of nitrogens with zero attached hydrogens (tertiary/aromatic N) is 1. The number of hydrogen-bond donors (Lipinski definition) is 2. The van der Waals surface area contributed by atoms with E-state index in [2.05, 4.69) is 10.6 Å². The van der Waals surface area contributed by atoms with Crippen molar-refractivity contribution >= 4 is 35.1 Å². The van der Waals surface area contributed by atoms with Gasteiger partial charge in [0, 0.05) is 10.6 Å². The number of benzene rings is 2. The van der Waals surface area contributed by atoms with Gasteiger partial charge in [-0.2, -0.15) is 0 Å². The molecule has 4 amide bonds. The molecule has 144 valence electrons. The molecular formula is C19H15ClFN3O4. The third-order valence-electron chi connectivity index (χ3n) is 4.77. The second-order valence-corrected chi connectivity index (χ2v) is 6.97. The molecule has 2 aliphatic rings. The van der Waals surface area contributed by atoms with Crippen molar-refractivity contribution in [3.63, 3.8) is 0 Å². The molecule has 0 bridgehead atoms. The van der Waals surface area contributed by atoms with Crippen LogP contribution in [0.2, 0.25) is 5.02 Å². The number of imide groups is 1. The maximum atomic E-state index is 13.2. The molecule has 0 aliphatic carbocycles. The van der Waals surface area contributed by atoms with Gasteiger partial charge in [-0.3, -0.25) is 14.9 Å². The van der Waals surface area contributed by atoms with E-state index < -0.39 is 23.4 Å². The summed E-state index contributed by atoms with van der Waals surface area (Å²) in [6, 6.07) is 7.93. The first-order valence-corrected chi connectivity index (χ1v) is 8.85. The normalized spacial score (nSPS) is 20.4. The Hall–Kier alpha value is -3.13. The summed E-state index contributed by atoms with van der Waals surface area (Å²) in [5.41, 5.74) is -0.316. The zero-order valence-corrected chi connectivity index (χ0v) is 15.5. The van der Waals surface area contributed by atoms with Crippen molar-refractivity contribution in [3.05, 3.63) is 58.4 Å². The number of carbonyl (C=O) groups excluding carboxylic acids is 3. The Kier molecular flexibility index (Phi) is 4.23. The summed E-state index contributed by atoms with van der Waals surface area (Å²) in [5, 5.41) is 4.92. The summed E-state index contributed by atoms with van der Waals surface area (Å²) in [6.45, 7) is 1.99. The van der Waals surface area contributed by atoms with Crippen LogP contribution in [0.5, 0.6) is 5.75 Å². The Morgan fingerprint density at radius 1 is 1.18 bits per heavy atom. The molecule has 1 spiro atoms. The van der Waals surface area contributed by atoms with E-state index in [0.29, 0.717) is 27.6 Å². The van der Waals surface area contributed by atoms with Crippen LogP contribution < -0.4 is 20.3 Å². The minimum Gasteiger partial charge on any atom is -0.492 e. The molecule has 0 aromatic heterocycles. The number of ether oxygens (including phenoxy) is 1. The molecule has 1 saturated heterocycles. The summed E-state index contributed by atoms with van der Waals surface area (Å²) in [6.07, 6.45) is 0. The van der Waals surface area contributed by atoms with E-state index >= 15 is 0 Å². The van der Waals surface area contributed by atoms with Crippen molar-refractivity contribution in [3.8, 4) is 5.75 Å². The second-order valence-electron chi connectivity index (χ2n) is 6.54. The number of fused-ring (bicyclic) bond motifs is 2. The van der Waals surface area contributed by atoms with E-state index in [4.69, 9.17) is 16.3 Å². The molecule has 2 aromatic rings. The Morgan fingerprint density at radius 3 is 2.54 bits per heavy atom. The highest BCUT2D eigenvalue weighted by atomic mass is 35.5. The van der Waals surface area contributed by atoms with Gasteiger partial charge >= 0.3 is 6.03 Å². The largest absolute Gasteiger partial charge is 0.492 e. The number of nitrogens with one attached hydrogen (secondary N) is 2. The van der Waals surface area contributed by atoms with Crippen molar-refractivity contribution in [1.82, 2.24) is 10.6 Å². The second kappa shape index (κ2) is 6.49. The van der Waals surface area contributed by atoms with Crippen LogP contribution in [0, 0.1) is 12.7 Å². The van der Waals surface area contributed by atoms with Gasteiger partial charge in [-0.25, -0.2) is 9.18 Å². The smallest absolute Gasteiger partial charge is 0.323 e. The van der Waals surface area contributed by atoms with Crippen LogP contribution in [0.1, 0.15) is 11.1 Å². The van der Waals surface area contributed by atoms with E-state index in [1.807, 2.05) is 0 Å². The average molecular weight is 404 g/mol. The number of anilines is 1. The molecule has 28 heavy (non-hydrogen) atoms. The summed E-state index contributed by atoms with van der Waals surface area (Å²) in [5.74, 6) is -1.26. The lowest BCUT2D eigenvalue weighted by Crippen LogP contribution is -2.52. The average Bonchev–Trinajstić information content (AvgIpc) is 3.06. The van der Waals surface area contributed by atoms with E-state index in [0.717, 1.165) is 0 Å². The molecule has 2 aliphatic heterocycles. The van der Waals surface area contributed by atoms with Crippen LogP contribution >= 0.6 is 11.6 Å². The van der Waals surface area contributed by atoms with Crippen molar-refractivity contribution in [2.45, 2.75) is 12.5 Å². The zero-order chi connectivity index (χ0) is 20.1. The standard InChI is InChI=1S/C19H15ClFN3O4/c1-10-8-11(20)9-14-15(10)24(6-7-28-13-4-2-12(21)3-5-13)17(26)19(14)16(25)22-18(27)23-19/h2-5,8-9H,6-7H2,1H3,(H2,22,23,25,27). The molecular weight excluding hydrogens is 389 g/mol. The van der Waals surface area contributed by atoms with E-state index in [9.17, 15) is 18.8 Å². The van der Waals surface area contributed by atoms with E-state index in [1.54, 1.807) is 13.0 Å². The number of amides is 4. The number of halogens is 2. The van der Waals surface area contributed by atoms with Crippen LogP contribution in [0.4, 0.5) is 14.9 Å². The fourth-order valence-corrected chi connectivity index (χ4v) is 3.87. The van der Waals surface area contributed by atoms with Crippen molar-refractivity contribution in [2.24, 2.45) is 0 Å². The molecule has 1 unspecified atom stereocenters. The van der Waals surface area contributed by atoms with Gasteiger partial charge < -0.3 is 15.0 Å². The third kappa shape index (κ3) is 2.68. The van der Waals surface area contributed by atoms with Crippen LogP contribution in [0.25, 0.3) is 0 Å². The molecule has 2 N–H and O–H groups in total. The van der Waals surface area contributed by atoms with Gasteiger partial charge in [0.05, 0.1) is 12.2 Å². The molecule has 9 heteroatoms. The van der Waals surface area contributed by atoms with Gasteiger partial charge in [0.1, 0.15) is 18.2 Å². The summed E-state index contributed by atoms with van der Waals surface area (Å²) >= 11 is 6.14. The maximum Gasteiger partial charge on any atom is 0.323 e. The predicted molar refractivity (Wildman–Crippen MR) is 98.8 cm³/mol. The first kappa shape index (κ1) is 18.2. The fourth-order valence-electron chi connectivity index (χ4n) is 3.59. The summed E-state index contributed by atoms with van der Waals surface area (Å²) < 4.78 is 18.6. The van der Waals surface area contributed by atoms with Gasteiger partial charge in [0.15, 0.2) is 0 Å². The van der Waals surface area contributed by atoms with Crippen LogP contribution in [-0.2, 0) is 15.1 Å². The van der Waals surface area contributed by atoms with Gasteiger partial charge in [-0.1, -0.05) is 11.6 Å². The minimum absolute atomic E-state index is 0.102. The Bertz CT molecular complexity index is 1010. The third-order valence-corrected chi connectivity index (χ3v) is 4.99. The number of aryl methyl sites for hydroxylation is 1. The van der Waals surface area contributed by atoms with Gasteiger partial charge in [-0.05, 0) is 48.9 Å². The minimum atomic E-state index is -1.84. The number of urea groups is 1. The lowest BCUT2D eigenvalue weighted by atomic mass is 9.90. The Morgan fingerprint density at radius 2 is 1.89 bits per heavy atom. The maximum absolute atomic E-state index is 13.2. The van der Waals surface area contributed by atoms with Gasteiger partial charge in [-0.15, -0.1) is 0 Å². The number of rotatable bonds is 4. The predicted octanol–water partition coefficient (Wildman–Crippen LogP) is 2.25. The quantitative estimate of drug-likeness (QED) is 0.605. The number of hydrogen-bond acceptors (Lipinski definition) is 4. The van der Waals surface area contributed by atoms with Crippen molar-refractivity contribution in [1.29, 1.82) is 0 Å². The lowest BCUT2D eigenvalue weighted by molar-refractivity contribution is -0.134. The molecule has 2 aromatic carbocycles. The highest BCUT2D eigenvalue weighted by Gasteiger charge is 2.61. The topological polar surface area (TPSA) is 87.7 Å². The zero-order valence-electron chi connectivity index (χ0n) is 14.7. The highest BCUT2D eigenvalue weighted by Crippen LogP contribution is 2.45. The van der Waals surface area contributed by atoms with Crippen LogP contribution in [0.3, 0.4) is 0 Å². The Labute approximate surface area is 164 Å². The molecule has 2 heterocycles. The van der Waals surface area contributed by atoms with Crippen LogP contribution in [0.15, 0.2) is 36.4 Å². The molecule has 0 radical (unpaired) electrons. The molecule has 1 fully saturated rings.